The van der Waals surface area contributed by atoms with Crippen LogP contribution in [-0.2, 0) is 13.0 Å². The normalized spacial score (nSPS) is 9.81. The van der Waals surface area contributed by atoms with Crippen molar-refractivity contribution in [3.8, 4) is 0 Å². The van der Waals surface area contributed by atoms with Crippen molar-refractivity contribution in [3.63, 3.8) is 0 Å². The van der Waals surface area contributed by atoms with E-state index < -0.39 is 6.03 Å². The highest BCUT2D eigenvalue weighted by molar-refractivity contribution is 5.93. The number of amides is 2. The van der Waals surface area contributed by atoms with Crippen LogP contribution in [0.25, 0.3) is 0 Å². The Labute approximate surface area is 93.3 Å². The largest absolute Gasteiger partial charge is 0.351 e. The molecule has 7 nitrogen and oxygen atoms in total. The number of nitrogens with two attached hydrogens (primary N) is 1. The van der Waals surface area contributed by atoms with E-state index in [0.29, 0.717) is 6.54 Å². The maximum absolute atomic E-state index is 10.4. The van der Waals surface area contributed by atoms with Crippen molar-refractivity contribution >= 4 is 12.0 Å². The van der Waals surface area contributed by atoms with Crippen LogP contribution in [-0.4, -0.2) is 22.0 Å². The number of rotatable bonds is 4. The molecule has 1 heterocycles. The Hall–Kier alpha value is -2.05. The molecule has 0 saturated heterocycles. The van der Waals surface area contributed by atoms with Gasteiger partial charge in [-0.2, -0.15) is 0 Å². The van der Waals surface area contributed by atoms with Crippen LogP contribution in [0.1, 0.15) is 24.7 Å². The van der Waals surface area contributed by atoms with E-state index in [9.17, 15) is 4.79 Å². The Morgan fingerprint density at radius 2 is 2.44 bits per heavy atom. The highest BCUT2D eigenvalue weighted by Crippen LogP contribution is 2.04. The molecular weight excluding hydrogens is 208 g/mol. The Morgan fingerprint density at radius 1 is 1.69 bits per heavy atom. The predicted molar refractivity (Wildman–Crippen MR) is 59.9 cm³/mol. The monoisotopic (exact) mass is 224 g/mol. The second-order valence-electron chi connectivity index (χ2n) is 3.30. The number of aromatic amines is 1. The molecule has 16 heavy (non-hydrogen) atoms. The van der Waals surface area contributed by atoms with E-state index >= 15 is 0 Å². The number of guanidine groups is 1. The third-order valence-corrected chi connectivity index (χ3v) is 1.99. The molecule has 0 spiro atoms. The first-order valence-electron chi connectivity index (χ1n) is 5.03. The number of primary amides is 1. The van der Waals surface area contributed by atoms with Gasteiger partial charge in [0.15, 0.2) is 5.96 Å². The van der Waals surface area contributed by atoms with Crippen LogP contribution in [0, 0.1) is 5.41 Å². The Balaban J connectivity index is 2.44. The molecule has 6 N–H and O–H groups in total. The Bertz CT molecular complexity index is 372. The van der Waals surface area contributed by atoms with Crippen LogP contribution in [0.4, 0.5) is 4.79 Å². The number of aromatic nitrogens is 2. The molecule has 0 aliphatic heterocycles. The van der Waals surface area contributed by atoms with Gasteiger partial charge in [-0.1, -0.05) is 13.3 Å². The van der Waals surface area contributed by atoms with E-state index in [-0.39, 0.29) is 5.96 Å². The first-order chi connectivity index (χ1) is 7.63. The Morgan fingerprint density at radius 3 is 3.06 bits per heavy atom. The summed E-state index contributed by atoms with van der Waals surface area (Å²) in [5, 5.41) is 12.2. The molecular formula is C9H16N6O. The van der Waals surface area contributed by atoms with Crippen molar-refractivity contribution in [2.24, 2.45) is 5.73 Å². The molecule has 1 aromatic rings. The fraction of sp³-hybridized carbons (Fsp3) is 0.444. The molecule has 0 aromatic carbocycles. The van der Waals surface area contributed by atoms with Gasteiger partial charge in [-0.05, 0) is 6.42 Å². The average Bonchev–Trinajstić information content (AvgIpc) is 2.62. The third kappa shape index (κ3) is 3.60. The zero-order valence-corrected chi connectivity index (χ0v) is 9.13. The van der Waals surface area contributed by atoms with Gasteiger partial charge in [0.05, 0.1) is 18.6 Å². The standard InChI is InChI=1S/C9H16N6O/c1-2-3-6-7(14-5-13-6)4-12-8(10)15-9(11)16/h5H,2-4H2,1H3,(H,13,14)(H5,10,11,12,15,16). The van der Waals surface area contributed by atoms with Crippen molar-refractivity contribution in [1.82, 2.24) is 20.6 Å². The van der Waals surface area contributed by atoms with Gasteiger partial charge >= 0.3 is 6.03 Å². The smallest absolute Gasteiger partial charge is 0.318 e. The quantitative estimate of drug-likeness (QED) is 0.367. The minimum atomic E-state index is -0.756. The molecule has 7 heteroatoms. The summed E-state index contributed by atoms with van der Waals surface area (Å²) in [5.74, 6) is -0.127. The van der Waals surface area contributed by atoms with Gasteiger partial charge < -0.3 is 16.0 Å². The highest BCUT2D eigenvalue weighted by atomic mass is 16.2. The van der Waals surface area contributed by atoms with E-state index in [0.717, 1.165) is 24.2 Å². The van der Waals surface area contributed by atoms with E-state index in [1.54, 1.807) is 6.33 Å². The minimum Gasteiger partial charge on any atom is -0.351 e. The summed E-state index contributed by atoms with van der Waals surface area (Å²) in [5.41, 5.74) is 6.76. The van der Waals surface area contributed by atoms with E-state index in [1.165, 1.54) is 0 Å². The topological polar surface area (TPSA) is 120 Å². The number of hydrogen-bond acceptors (Lipinski definition) is 3. The number of imidazole rings is 1. The van der Waals surface area contributed by atoms with Gasteiger partial charge in [0.2, 0.25) is 0 Å². The molecule has 88 valence electrons. The molecule has 0 bridgehead atoms. The number of nitrogens with one attached hydrogen (secondary N) is 4. The Kier molecular flexibility index (Phi) is 4.31. The van der Waals surface area contributed by atoms with Gasteiger partial charge in [-0.15, -0.1) is 0 Å². The van der Waals surface area contributed by atoms with Crippen LogP contribution < -0.4 is 16.4 Å². The first kappa shape index (κ1) is 12.0. The lowest BCUT2D eigenvalue weighted by molar-refractivity contribution is 0.252. The number of urea groups is 1. The lowest BCUT2D eigenvalue weighted by atomic mass is 10.2. The molecule has 1 aromatic heterocycles. The maximum Gasteiger partial charge on any atom is 0.318 e. The van der Waals surface area contributed by atoms with Crippen molar-refractivity contribution in [2.45, 2.75) is 26.3 Å². The van der Waals surface area contributed by atoms with Crippen molar-refractivity contribution in [3.05, 3.63) is 17.7 Å². The molecule has 0 atom stereocenters. The molecule has 0 unspecified atom stereocenters. The molecule has 0 fully saturated rings. The fourth-order valence-electron chi connectivity index (χ4n) is 1.31. The molecule has 0 saturated carbocycles. The number of hydrogen-bond donors (Lipinski definition) is 5. The zero-order valence-electron chi connectivity index (χ0n) is 9.13. The fourth-order valence-corrected chi connectivity index (χ4v) is 1.31. The average molecular weight is 224 g/mol. The number of nitrogens with zero attached hydrogens (tertiary/aromatic N) is 1. The van der Waals surface area contributed by atoms with Crippen LogP contribution in [0.2, 0.25) is 0 Å². The van der Waals surface area contributed by atoms with E-state index in [1.807, 2.05) is 0 Å². The summed E-state index contributed by atoms with van der Waals surface area (Å²) in [7, 11) is 0. The zero-order chi connectivity index (χ0) is 12.0. The van der Waals surface area contributed by atoms with Crippen LogP contribution in [0.15, 0.2) is 6.33 Å². The van der Waals surface area contributed by atoms with Crippen molar-refractivity contribution in [2.75, 3.05) is 0 Å². The summed E-state index contributed by atoms with van der Waals surface area (Å²) >= 11 is 0. The number of carbonyl (C=O) groups excluding carboxylic acids is 1. The van der Waals surface area contributed by atoms with Crippen molar-refractivity contribution in [1.29, 1.82) is 5.41 Å². The van der Waals surface area contributed by atoms with Crippen LogP contribution in [0.3, 0.4) is 0 Å². The summed E-state index contributed by atoms with van der Waals surface area (Å²) in [6, 6.07) is -0.756. The second-order valence-corrected chi connectivity index (χ2v) is 3.30. The predicted octanol–water partition coefficient (Wildman–Crippen LogP) is 0.0549. The highest BCUT2D eigenvalue weighted by Gasteiger charge is 2.05. The SMILES string of the molecule is CCCc1[nH]cnc1CNC(=N)NC(N)=O. The summed E-state index contributed by atoms with van der Waals surface area (Å²) in [4.78, 5) is 17.6. The number of H-pyrrole nitrogens is 1. The molecule has 1 rings (SSSR count). The molecule has 0 radical (unpaired) electrons. The maximum atomic E-state index is 10.4. The van der Waals surface area contributed by atoms with E-state index in [2.05, 4.69) is 27.5 Å². The van der Waals surface area contributed by atoms with Crippen LogP contribution >= 0.6 is 0 Å². The summed E-state index contributed by atoms with van der Waals surface area (Å²) in [6.07, 6.45) is 3.55. The summed E-state index contributed by atoms with van der Waals surface area (Å²) < 4.78 is 0. The van der Waals surface area contributed by atoms with Crippen LogP contribution in [0.5, 0.6) is 0 Å². The summed E-state index contributed by atoms with van der Waals surface area (Å²) in [6.45, 7) is 2.46. The van der Waals surface area contributed by atoms with Gasteiger partial charge in [0.25, 0.3) is 0 Å². The molecule has 0 aliphatic rings. The van der Waals surface area contributed by atoms with E-state index in [4.69, 9.17) is 11.1 Å². The van der Waals surface area contributed by atoms with Gasteiger partial charge in [-0.3, -0.25) is 10.7 Å². The van der Waals surface area contributed by atoms with Gasteiger partial charge in [0, 0.05) is 5.69 Å². The molecule has 0 aliphatic carbocycles. The lowest BCUT2D eigenvalue weighted by Gasteiger charge is -2.07. The lowest BCUT2D eigenvalue weighted by Crippen LogP contribution is -2.42. The van der Waals surface area contributed by atoms with Gasteiger partial charge in [0.1, 0.15) is 0 Å². The first-order valence-corrected chi connectivity index (χ1v) is 5.03. The van der Waals surface area contributed by atoms with Crippen molar-refractivity contribution < 1.29 is 4.79 Å². The number of carbonyl (C=O) groups is 1. The second kappa shape index (κ2) is 5.74. The third-order valence-electron chi connectivity index (χ3n) is 1.99. The minimum absolute atomic E-state index is 0.127. The molecule has 2 amide bonds. The van der Waals surface area contributed by atoms with Gasteiger partial charge in [-0.25, -0.2) is 9.78 Å². The number of aryl methyl sites for hydroxylation is 1.